The topological polar surface area (TPSA) is 42.2 Å². The van der Waals surface area contributed by atoms with Crippen LogP contribution in [-0.4, -0.2) is 18.1 Å². The molecular weight excluding hydrogens is 234 g/mol. The van der Waals surface area contributed by atoms with Crippen LogP contribution in [0, 0.1) is 12.8 Å². The zero-order valence-corrected chi connectivity index (χ0v) is 12.5. The maximum absolute atomic E-state index is 5.90. The van der Waals surface area contributed by atoms with Gasteiger partial charge < -0.3 is 10.6 Å². The Bertz CT molecular complexity index is 408. The van der Waals surface area contributed by atoms with Crippen LogP contribution < -0.4 is 10.6 Å². The Morgan fingerprint density at radius 3 is 2.58 bits per heavy atom. The number of rotatable bonds is 4. The van der Waals surface area contributed by atoms with Gasteiger partial charge in [-0.15, -0.1) is 0 Å². The molecule has 106 valence electrons. The second-order valence-electron chi connectivity index (χ2n) is 5.83. The van der Waals surface area contributed by atoms with Gasteiger partial charge in [0.2, 0.25) is 0 Å². The van der Waals surface area contributed by atoms with Gasteiger partial charge in [-0.1, -0.05) is 13.3 Å². The maximum atomic E-state index is 5.90. The highest BCUT2D eigenvalue weighted by Crippen LogP contribution is 2.32. The first-order valence-electron chi connectivity index (χ1n) is 7.54. The van der Waals surface area contributed by atoms with Crippen molar-refractivity contribution in [2.24, 2.45) is 11.7 Å². The Kier molecular flexibility index (Phi) is 4.81. The van der Waals surface area contributed by atoms with Gasteiger partial charge in [0, 0.05) is 31.4 Å². The lowest BCUT2D eigenvalue weighted by molar-refractivity contribution is 0.312. The van der Waals surface area contributed by atoms with Gasteiger partial charge in [0.15, 0.2) is 0 Å². The van der Waals surface area contributed by atoms with Crippen molar-refractivity contribution < 1.29 is 0 Å². The van der Waals surface area contributed by atoms with Gasteiger partial charge in [-0.05, 0) is 50.2 Å². The van der Waals surface area contributed by atoms with E-state index >= 15 is 0 Å². The summed E-state index contributed by atoms with van der Waals surface area (Å²) in [6.45, 7) is 5.00. The van der Waals surface area contributed by atoms with Gasteiger partial charge in [-0.25, -0.2) is 4.98 Å². The predicted octanol–water partition coefficient (Wildman–Crippen LogP) is 3.25. The molecule has 3 heteroatoms. The normalized spacial score (nSPS) is 23.4. The molecule has 19 heavy (non-hydrogen) atoms. The highest BCUT2D eigenvalue weighted by Gasteiger charge is 2.25. The van der Waals surface area contributed by atoms with Crippen molar-refractivity contribution in [2.75, 3.05) is 11.9 Å². The Labute approximate surface area is 117 Å². The van der Waals surface area contributed by atoms with E-state index in [0.29, 0.717) is 12.6 Å². The number of nitrogens with zero attached hydrogens (tertiary/aromatic N) is 2. The smallest absolute Gasteiger partial charge is 0.133 e. The minimum Gasteiger partial charge on any atom is -0.356 e. The highest BCUT2D eigenvalue weighted by atomic mass is 15.2. The van der Waals surface area contributed by atoms with Crippen LogP contribution in [0.2, 0.25) is 0 Å². The molecule has 3 nitrogen and oxygen atoms in total. The number of aryl methyl sites for hydroxylation is 1. The fourth-order valence-corrected chi connectivity index (χ4v) is 3.24. The van der Waals surface area contributed by atoms with Crippen LogP contribution in [0.3, 0.4) is 0 Å². The van der Waals surface area contributed by atoms with Gasteiger partial charge in [-0.2, -0.15) is 0 Å². The van der Waals surface area contributed by atoms with E-state index in [-0.39, 0.29) is 0 Å². The monoisotopic (exact) mass is 261 g/mol. The molecule has 0 amide bonds. The van der Waals surface area contributed by atoms with Crippen LogP contribution in [0.5, 0.6) is 0 Å². The number of pyridine rings is 1. The zero-order valence-electron chi connectivity index (χ0n) is 12.5. The second-order valence-corrected chi connectivity index (χ2v) is 5.83. The molecule has 0 aromatic carbocycles. The molecule has 1 fully saturated rings. The van der Waals surface area contributed by atoms with E-state index < -0.39 is 0 Å². The molecule has 1 aliphatic carbocycles. The van der Waals surface area contributed by atoms with E-state index in [1.807, 2.05) is 12.3 Å². The molecule has 2 N–H and O–H groups in total. The molecule has 1 heterocycles. The van der Waals surface area contributed by atoms with Gasteiger partial charge in [0.1, 0.15) is 5.82 Å². The lowest BCUT2D eigenvalue weighted by Crippen LogP contribution is -2.36. The molecular formula is C16H27N3. The molecule has 0 aliphatic heterocycles. The molecule has 0 saturated heterocycles. The van der Waals surface area contributed by atoms with Crippen molar-refractivity contribution in [2.45, 2.75) is 58.5 Å². The minimum atomic E-state index is 0.573. The quantitative estimate of drug-likeness (QED) is 0.904. The Morgan fingerprint density at radius 2 is 2.00 bits per heavy atom. The largest absolute Gasteiger partial charge is 0.356 e. The summed E-state index contributed by atoms with van der Waals surface area (Å²) in [5.74, 6) is 2.02. The third-order valence-corrected chi connectivity index (χ3v) is 4.75. The molecule has 1 aromatic rings. The van der Waals surface area contributed by atoms with E-state index in [0.717, 1.165) is 11.7 Å². The Balaban J connectivity index is 2.12. The minimum absolute atomic E-state index is 0.573. The summed E-state index contributed by atoms with van der Waals surface area (Å²) in [6, 6.07) is 2.68. The first-order chi connectivity index (χ1) is 9.17. The summed E-state index contributed by atoms with van der Waals surface area (Å²) in [6.07, 6.45) is 8.51. The van der Waals surface area contributed by atoms with Crippen molar-refractivity contribution in [1.29, 1.82) is 0 Å². The molecule has 0 radical (unpaired) electrons. The number of aromatic nitrogens is 1. The summed E-state index contributed by atoms with van der Waals surface area (Å²) in [5.41, 5.74) is 8.34. The maximum Gasteiger partial charge on any atom is 0.133 e. The zero-order chi connectivity index (χ0) is 13.8. The van der Waals surface area contributed by atoms with Crippen molar-refractivity contribution >= 4 is 5.82 Å². The van der Waals surface area contributed by atoms with E-state index in [4.69, 9.17) is 5.73 Å². The van der Waals surface area contributed by atoms with E-state index in [1.54, 1.807) is 0 Å². The van der Waals surface area contributed by atoms with Crippen LogP contribution >= 0.6 is 0 Å². The average Bonchev–Trinajstić information content (AvgIpc) is 2.46. The molecule has 0 atom stereocenters. The Morgan fingerprint density at radius 1 is 1.32 bits per heavy atom. The van der Waals surface area contributed by atoms with Crippen LogP contribution in [0.15, 0.2) is 12.3 Å². The molecule has 1 saturated carbocycles. The summed E-state index contributed by atoms with van der Waals surface area (Å²) < 4.78 is 0. The van der Waals surface area contributed by atoms with Crippen molar-refractivity contribution in [3.8, 4) is 0 Å². The SMILES string of the molecule is CCC1CCC(N(C)c2nccc(C)c2CN)CC1. The standard InChI is InChI=1S/C16H27N3/c1-4-13-5-7-14(8-6-13)19(3)16-15(11-17)12(2)9-10-18-16/h9-10,13-14H,4-8,11,17H2,1-3H3. The van der Waals surface area contributed by atoms with Crippen molar-refractivity contribution in [3.05, 3.63) is 23.4 Å². The van der Waals surface area contributed by atoms with Crippen molar-refractivity contribution in [3.63, 3.8) is 0 Å². The molecule has 0 unspecified atom stereocenters. The lowest BCUT2D eigenvalue weighted by Gasteiger charge is -2.36. The summed E-state index contributed by atoms with van der Waals surface area (Å²) in [7, 11) is 2.18. The van der Waals surface area contributed by atoms with E-state index in [9.17, 15) is 0 Å². The van der Waals surface area contributed by atoms with E-state index in [2.05, 4.69) is 30.8 Å². The van der Waals surface area contributed by atoms with Crippen LogP contribution in [-0.2, 0) is 6.54 Å². The number of hydrogen-bond acceptors (Lipinski definition) is 3. The fourth-order valence-electron chi connectivity index (χ4n) is 3.24. The van der Waals surface area contributed by atoms with E-state index in [1.165, 1.54) is 43.2 Å². The third-order valence-electron chi connectivity index (χ3n) is 4.75. The summed E-state index contributed by atoms with van der Waals surface area (Å²) >= 11 is 0. The Hall–Kier alpha value is -1.09. The predicted molar refractivity (Wildman–Crippen MR) is 81.3 cm³/mol. The van der Waals surface area contributed by atoms with Gasteiger partial charge in [0.05, 0.1) is 0 Å². The highest BCUT2D eigenvalue weighted by molar-refractivity contribution is 5.50. The molecule has 2 rings (SSSR count). The molecule has 0 bridgehead atoms. The molecule has 1 aliphatic rings. The van der Waals surface area contributed by atoms with Crippen LogP contribution in [0.4, 0.5) is 5.82 Å². The molecule has 1 aromatic heterocycles. The lowest BCUT2D eigenvalue weighted by atomic mass is 9.84. The fraction of sp³-hybridized carbons (Fsp3) is 0.688. The molecule has 0 spiro atoms. The van der Waals surface area contributed by atoms with Crippen LogP contribution in [0.1, 0.15) is 50.2 Å². The van der Waals surface area contributed by atoms with Crippen LogP contribution in [0.25, 0.3) is 0 Å². The summed E-state index contributed by atoms with van der Waals surface area (Å²) in [4.78, 5) is 6.93. The number of anilines is 1. The first-order valence-corrected chi connectivity index (χ1v) is 7.54. The van der Waals surface area contributed by atoms with Gasteiger partial charge in [-0.3, -0.25) is 0 Å². The number of nitrogens with two attached hydrogens (primary N) is 1. The third kappa shape index (κ3) is 3.08. The van der Waals surface area contributed by atoms with Gasteiger partial charge in [0.25, 0.3) is 0 Å². The number of hydrogen-bond donors (Lipinski definition) is 1. The van der Waals surface area contributed by atoms with Gasteiger partial charge >= 0.3 is 0 Å². The summed E-state index contributed by atoms with van der Waals surface area (Å²) in [5, 5.41) is 0. The average molecular weight is 261 g/mol. The second kappa shape index (κ2) is 6.38. The van der Waals surface area contributed by atoms with Crippen molar-refractivity contribution in [1.82, 2.24) is 4.98 Å². The first kappa shape index (κ1) is 14.3.